The highest BCUT2D eigenvalue weighted by Crippen LogP contribution is 2.25. The Balaban J connectivity index is 2.00. The molecule has 17 heavy (non-hydrogen) atoms. The molecule has 0 amide bonds. The Morgan fingerprint density at radius 1 is 1.53 bits per heavy atom. The third-order valence-electron chi connectivity index (χ3n) is 3.16. The van der Waals surface area contributed by atoms with E-state index in [-0.39, 0.29) is 0 Å². The van der Waals surface area contributed by atoms with Gasteiger partial charge < -0.3 is 10.5 Å². The number of hydrogen-bond donors (Lipinski definition) is 1. The van der Waals surface area contributed by atoms with Gasteiger partial charge in [-0.25, -0.2) is 0 Å². The van der Waals surface area contributed by atoms with Gasteiger partial charge in [0.15, 0.2) is 0 Å². The highest BCUT2D eigenvalue weighted by atomic mass is 35.5. The highest BCUT2D eigenvalue weighted by Gasteiger charge is 2.16. The van der Waals surface area contributed by atoms with Crippen molar-refractivity contribution < 1.29 is 4.74 Å². The average Bonchev–Trinajstić information content (AvgIpc) is 2.29. The van der Waals surface area contributed by atoms with Crippen molar-refractivity contribution >= 4 is 11.6 Å². The van der Waals surface area contributed by atoms with E-state index in [1.807, 2.05) is 12.1 Å². The molecule has 0 spiro atoms. The lowest BCUT2D eigenvalue weighted by Gasteiger charge is -2.30. The molecule has 94 valence electrons. The predicted octanol–water partition coefficient (Wildman–Crippen LogP) is 2.27. The number of nitrogens with two attached hydrogens (primary N) is 1. The maximum absolute atomic E-state index is 6.11. The summed E-state index contributed by atoms with van der Waals surface area (Å²) >= 11 is 6.11. The summed E-state index contributed by atoms with van der Waals surface area (Å²) in [6.07, 6.45) is 2.32. The number of halogens is 1. The van der Waals surface area contributed by atoms with Gasteiger partial charge in [0.1, 0.15) is 5.75 Å². The molecule has 0 bridgehead atoms. The number of nitrogens with zero attached hydrogens (tertiary/aromatic N) is 1. The van der Waals surface area contributed by atoms with Crippen molar-refractivity contribution in [1.29, 1.82) is 0 Å². The number of likely N-dealkylation sites (tertiary alicyclic amines) is 1. The summed E-state index contributed by atoms with van der Waals surface area (Å²) in [6.45, 7) is 3.01. The molecule has 1 fully saturated rings. The van der Waals surface area contributed by atoms with Crippen LogP contribution in [0.25, 0.3) is 0 Å². The van der Waals surface area contributed by atoms with Crippen molar-refractivity contribution in [2.45, 2.75) is 25.4 Å². The second-order valence-corrected chi connectivity index (χ2v) is 5.01. The van der Waals surface area contributed by atoms with Crippen molar-refractivity contribution in [1.82, 2.24) is 4.90 Å². The summed E-state index contributed by atoms with van der Waals surface area (Å²) < 4.78 is 5.14. The molecule has 1 aromatic carbocycles. The molecule has 0 aromatic heterocycles. The zero-order valence-electron chi connectivity index (χ0n) is 10.2. The van der Waals surface area contributed by atoms with Crippen LogP contribution in [0.5, 0.6) is 5.75 Å². The third kappa shape index (κ3) is 3.35. The second-order valence-electron chi connectivity index (χ2n) is 4.61. The summed E-state index contributed by atoms with van der Waals surface area (Å²) in [6, 6.07) is 6.27. The minimum atomic E-state index is 0.317. The Morgan fingerprint density at radius 2 is 2.35 bits per heavy atom. The highest BCUT2D eigenvalue weighted by molar-refractivity contribution is 6.32. The van der Waals surface area contributed by atoms with E-state index in [1.54, 1.807) is 7.11 Å². The Morgan fingerprint density at radius 3 is 3.00 bits per heavy atom. The van der Waals surface area contributed by atoms with E-state index in [1.165, 1.54) is 12.0 Å². The van der Waals surface area contributed by atoms with Crippen LogP contribution in [-0.2, 0) is 6.54 Å². The van der Waals surface area contributed by atoms with Gasteiger partial charge in [0, 0.05) is 19.1 Å². The molecule has 1 saturated heterocycles. The second kappa shape index (κ2) is 5.71. The number of rotatable bonds is 3. The predicted molar refractivity (Wildman–Crippen MR) is 70.5 cm³/mol. The van der Waals surface area contributed by atoms with Crippen LogP contribution in [0.4, 0.5) is 0 Å². The standard InChI is InChI=1S/C13H19ClN2O/c1-17-13-5-4-10(7-12(13)14)8-16-6-2-3-11(15)9-16/h4-5,7,11H,2-3,6,8-9,15H2,1H3/t11-/m1/s1. The number of benzene rings is 1. The number of methoxy groups -OCH3 is 1. The fourth-order valence-corrected chi connectivity index (χ4v) is 2.58. The van der Waals surface area contributed by atoms with Gasteiger partial charge in [0.25, 0.3) is 0 Å². The summed E-state index contributed by atoms with van der Waals surface area (Å²) in [5, 5.41) is 0.673. The molecule has 1 atom stereocenters. The van der Waals surface area contributed by atoms with Gasteiger partial charge in [-0.1, -0.05) is 17.7 Å². The molecule has 1 heterocycles. The molecule has 1 aliphatic heterocycles. The molecule has 0 saturated carbocycles. The minimum Gasteiger partial charge on any atom is -0.495 e. The SMILES string of the molecule is COc1ccc(CN2CCC[C@@H](N)C2)cc1Cl. The molecular weight excluding hydrogens is 236 g/mol. The monoisotopic (exact) mass is 254 g/mol. The van der Waals surface area contributed by atoms with E-state index in [0.717, 1.165) is 31.8 Å². The molecule has 0 radical (unpaired) electrons. The molecular formula is C13H19ClN2O. The lowest BCUT2D eigenvalue weighted by atomic mass is 10.1. The van der Waals surface area contributed by atoms with Gasteiger partial charge in [-0.3, -0.25) is 4.90 Å². The molecule has 4 heteroatoms. The van der Waals surface area contributed by atoms with E-state index in [2.05, 4.69) is 11.0 Å². The largest absolute Gasteiger partial charge is 0.495 e. The van der Waals surface area contributed by atoms with Crippen LogP contribution in [0.15, 0.2) is 18.2 Å². The van der Waals surface area contributed by atoms with Gasteiger partial charge in [0.05, 0.1) is 12.1 Å². The summed E-state index contributed by atoms with van der Waals surface area (Å²) in [5.74, 6) is 0.728. The summed E-state index contributed by atoms with van der Waals surface area (Å²) in [4.78, 5) is 2.38. The van der Waals surface area contributed by atoms with Crippen molar-refractivity contribution in [2.75, 3.05) is 20.2 Å². The van der Waals surface area contributed by atoms with Gasteiger partial charge in [-0.2, -0.15) is 0 Å². The van der Waals surface area contributed by atoms with Crippen molar-refractivity contribution in [3.63, 3.8) is 0 Å². The molecule has 1 aliphatic rings. The van der Waals surface area contributed by atoms with Crippen molar-refractivity contribution in [3.05, 3.63) is 28.8 Å². The fraction of sp³-hybridized carbons (Fsp3) is 0.538. The number of hydrogen-bond acceptors (Lipinski definition) is 3. The first kappa shape index (κ1) is 12.7. The molecule has 3 nitrogen and oxygen atoms in total. The van der Waals surface area contributed by atoms with E-state index in [9.17, 15) is 0 Å². The molecule has 0 unspecified atom stereocenters. The van der Waals surface area contributed by atoms with Gasteiger partial charge in [-0.05, 0) is 37.1 Å². The number of ether oxygens (including phenoxy) is 1. The van der Waals surface area contributed by atoms with Crippen molar-refractivity contribution in [3.8, 4) is 5.75 Å². The topological polar surface area (TPSA) is 38.5 Å². The van der Waals surface area contributed by atoms with Crippen molar-refractivity contribution in [2.24, 2.45) is 5.73 Å². The van der Waals surface area contributed by atoms with Crippen LogP contribution < -0.4 is 10.5 Å². The third-order valence-corrected chi connectivity index (χ3v) is 3.46. The van der Waals surface area contributed by atoms with Crippen LogP contribution in [0, 0.1) is 0 Å². The quantitative estimate of drug-likeness (QED) is 0.899. The molecule has 2 N–H and O–H groups in total. The Labute approximate surface area is 107 Å². The van der Waals surface area contributed by atoms with Gasteiger partial charge >= 0.3 is 0 Å². The minimum absolute atomic E-state index is 0.317. The van der Waals surface area contributed by atoms with Crippen LogP contribution in [-0.4, -0.2) is 31.1 Å². The Bertz CT molecular complexity index is 384. The first-order valence-electron chi connectivity index (χ1n) is 5.99. The summed E-state index contributed by atoms with van der Waals surface area (Å²) in [5.41, 5.74) is 7.18. The van der Waals surface area contributed by atoms with Crippen LogP contribution in [0.1, 0.15) is 18.4 Å². The zero-order chi connectivity index (χ0) is 12.3. The maximum Gasteiger partial charge on any atom is 0.137 e. The number of piperidine rings is 1. The fourth-order valence-electron chi connectivity index (χ4n) is 2.30. The Hall–Kier alpha value is -0.770. The normalized spacial score (nSPS) is 21.5. The first-order chi connectivity index (χ1) is 8.19. The average molecular weight is 255 g/mol. The maximum atomic E-state index is 6.11. The zero-order valence-corrected chi connectivity index (χ0v) is 10.9. The van der Waals surface area contributed by atoms with E-state index in [0.29, 0.717) is 11.1 Å². The Kier molecular flexibility index (Phi) is 4.26. The van der Waals surface area contributed by atoms with E-state index in [4.69, 9.17) is 22.1 Å². The lowest BCUT2D eigenvalue weighted by molar-refractivity contribution is 0.201. The summed E-state index contributed by atoms with van der Waals surface area (Å²) in [7, 11) is 1.63. The first-order valence-corrected chi connectivity index (χ1v) is 6.37. The van der Waals surface area contributed by atoms with E-state index < -0.39 is 0 Å². The molecule has 1 aromatic rings. The van der Waals surface area contributed by atoms with Gasteiger partial charge in [0.2, 0.25) is 0 Å². The molecule has 0 aliphatic carbocycles. The van der Waals surface area contributed by atoms with Gasteiger partial charge in [-0.15, -0.1) is 0 Å². The lowest BCUT2D eigenvalue weighted by Crippen LogP contribution is -2.42. The van der Waals surface area contributed by atoms with Crippen LogP contribution >= 0.6 is 11.6 Å². The van der Waals surface area contributed by atoms with Crippen LogP contribution in [0.2, 0.25) is 5.02 Å². The van der Waals surface area contributed by atoms with Crippen LogP contribution in [0.3, 0.4) is 0 Å². The van der Waals surface area contributed by atoms with E-state index >= 15 is 0 Å². The molecule has 2 rings (SSSR count). The smallest absolute Gasteiger partial charge is 0.137 e.